The molecule has 1 fully saturated rings. The van der Waals surface area contributed by atoms with Crippen LogP contribution >= 0.6 is 0 Å². The highest BCUT2D eigenvalue weighted by molar-refractivity contribution is 6.07. The van der Waals surface area contributed by atoms with Crippen LogP contribution in [0, 0.1) is 5.82 Å². The maximum Gasteiger partial charge on any atom is 0.259 e. The van der Waals surface area contributed by atoms with E-state index in [1.807, 2.05) is 29.1 Å². The van der Waals surface area contributed by atoms with E-state index in [4.69, 9.17) is 0 Å². The number of nitrogens with zero attached hydrogens (tertiary/aromatic N) is 3. The Balaban J connectivity index is 1.61. The number of aromatic nitrogens is 2. The highest BCUT2D eigenvalue weighted by Crippen LogP contribution is 2.24. The van der Waals surface area contributed by atoms with Crippen LogP contribution in [0.25, 0.3) is 5.69 Å². The SMILES string of the molecule is O=C(Nc1cc(-n2cccc2)ccc1F)c1cccnc1N1CCCCC1. The fourth-order valence-corrected chi connectivity index (χ4v) is 3.40. The Hall–Kier alpha value is -3.15. The lowest BCUT2D eigenvalue weighted by Gasteiger charge is -2.29. The highest BCUT2D eigenvalue weighted by atomic mass is 19.1. The third kappa shape index (κ3) is 3.69. The summed E-state index contributed by atoms with van der Waals surface area (Å²) >= 11 is 0. The summed E-state index contributed by atoms with van der Waals surface area (Å²) in [5.74, 6) is -0.161. The van der Waals surface area contributed by atoms with Gasteiger partial charge in [0.15, 0.2) is 0 Å². The summed E-state index contributed by atoms with van der Waals surface area (Å²) in [7, 11) is 0. The summed E-state index contributed by atoms with van der Waals surface area (Å²) in [6.45, 7) is 1.77. The average Bonchev–Trinajstić information content (AvgIpc) is 3.25. The molecule has 3 aromatic rings. The molecule has 2 aromatic heterocycles. The zero-order valence-corrected chi connectivity index (χ0v) is 14.9. The van der Waals surface area contributed by atoms with Crippen LogP contribution in [0.15, 0.2) is 61.1 Å². The minimum atomic E-state index is -0.470. The molecule has 0 unspecified atom stereocenters. The second-order valence-electron chi connectivity index (χ2n) is 6.63. The van der Waals surface area contributed by atoms with E-state index in [-0.39, 0.29) is 11.6 Å². The molecular formula is C21H21FN4O. The number of hydrogen-bond donors (Lipinski definition) is 1. The van der Waals surface area contributed by atoms with Crippen LogP contribution in [0.3, 0.4) is 0 Å². The molecule has 0 radical (unpaired) electrons. The molecule has 1 aliphatic heterocycles. The Labute approximate surface area is 157 Å². The number of pyridine rings is 1. The molecule has 1 amide bonds. The van der Waals surface area contributed by atoms with Crippen molar-refractivity contribution < 1.29 is 9.18 Å². The van der Waals surface area contributed by atoms with E-state index in [0.717, 1.165) is 31.6 Å². The van der Waals surface area contributed by atoms with Gasteiger partial charge in [-0.2, -0.15) is 0 Å². The average molecular weight is 364 g/mol. The Morgan fingerprint density at radius 2 is 1.81 bits per heavy atom. The van der Waals surface area contributed by atoms with Crippen LogP contribution < -0.4 is 10.2 Å². The normalized spacial score (nSPS) is 14.2. The lowest BCUT2D eigenvalue weighted by atomic mass is 10.1. The van der Waals surface area contributed by atoms with E-state index >= 15 is 0 Å². The number of piperidine rings is 1. The van der Waals surface area contributed by atoms with Gasteiger partial charge < -0.3 is 14.8 Å². The largest absolute Gasteiger partial charge is 0.356 e. The lowest BCUT2D eigenvalue weighted by Crippen LogP contribution is -2.32. The quantitative estimate of drug-likeness (QED) is 0.753. The topological polar surface area (TPSA) is 50.2 Å². The number of halogens is 1. The van der Waals surface area contributed by atoms with Crippen LogP contribution in [0.4, 0.5) is 15.9 Å². The molecule has 5 nitrogen and oxygen atoms in total. The van der Waals surface area contributed by atoms with Crippen molar-refractivity contribution in [1.29, 1.82) is 0 Å². The van der Waals surface area contributed by atoms with E-state index in [1.165, 1.54) is 12.5 Å². The van der Waals surface area contributed by atoms with Crippen LogP contribution in [0.1, 0.15) is 29.6 Å². The number of rotatable bonds is 4. The number of nitrogens with one attached hydrogen (secondary N) is 1. The summed E-state index contributed by atoms with van der Waals surface area (Å²) in [6.07, 6.45) is 8.80. The highest BCUT2D eigenvalue weighted by Gasteiger charge is 2.20. The van der Waals surface area contributed by atoms with Gasteiger partial charge in [-0.25, -0.2) is 9.37 Å². The Morgan fingerprint density at radius 3 is 2.59 bits per heavy atom. The molecule has 3 heterocycles. The Bertz CT molecular complexity index is 933. The van der Waals surface area contributed by atoms with Crippen LogP contribution in [-0.2, 0) is 0 Å². The van der Waals surface area contributed by atoms with Gasteiger partial charge in [-0.15, -0.1) is 0 Å². The third-order valence-electron chi connectivity index (χ3n) is 4.79. The second kappa shape index (κ2) is 7.61. The molecule has 0 spiro atoms. The van der Waals surface area contributed by atoms with Crippen molar-refractivity contribution in [2.45, 2.75) is 19.3 Å². The minimum absolute atomic E-state index is 0.152. The van der Waals surface area contributed by atoms with E-state index in [0.29, 0.717) is 11.4 Å². The Kier molecular flexibility index (Phi) is 4.87. The van der Waals surface area contributed by atoms with Crippen LogP contribution in [0.2, 0.25) is 0 Å². The number of benzene rings is 1. The van der Waals surface area contributed by atoms with E-state index < -0.39 is 5.82 Å². The van der Waals surface area contributed by atoms with Crippen molar-refractivity contribution in [2.24, 2.45) is 0 Å². The maximum atomic E-state index is 14.3. The molecule has 138 valence electrons. The molecule has 0 aliphatic carbocycles. The summed E-state index contributed by atoms with van der Waals surface area (Å²) in [6, 6.07) is 11.9. The van der Waals surface area contributed by atoms with E-state index in [1.54, 1.807) is 30.5 Å². The van der Waals surface area contributed by atoms with Gasteiger partial charge in [-0.1, -0.05) is 0 Å². The first-order chi connectivity index (χ1) is 13.2. The molecule has 4 rings (SSSR count). The van der Waals surface area contributed by atoms with Crippen molar-refractivity contribution in [3.8, 4) is 5.69 Å². The van der Waals surface area contributed by atoms with Gasteiger partial charge >= 0.3 is 0 Å². The molecule has 1 aromatic carbocycles. The first-order valence-corrected chi connectivity index (χ1v) is 9.16. The van der Waals surface area contributed by atoms with Gasteiger partial charge in [0.25, 0.3) is 5.91 Å². The van der Waals surface area contributed by atoms with Crippen molar-refractivity contribution in [3.63, 3.8) is 0 Å². The van der Waals surface area contributed by atoms with Crippen molar-refractivity contribution >= 4 is 17.4 Å². The van der Waals surface area contributed by atoms with Gasteiger partial charge in [0, 0.05) is 37.4 Å². The Morgan fingerprint density at radius 1 is 1.04 bits per heavy atom. The van der Waals surface area contributed by atoms with Crippen LogP contribution in [-0.4, -0.2) is 28.5 Å². The van der Waals surface area contributed by atoms with Crippen molar-refractivity contribution in [2.75, 3.05) is 23.3 Å². The number of carbonyl (C=O) groups excluding carboxylic acids is 1. The van der Waals surface area contributed by atoms with Gasteiger partial charge in [0.1, 0.15) is 11.6 Å². The van der Waals surface area contributed by atoms with E-state index in [9.17, 15) is 9.18 Å². The lowest BCUT2D eigenvalue weighted by molar-refractivity contribution is 0.102. The number of carbonyl (C=O) groups is 1. The smallest absolute Gasteiger partial charge is 0.259 e. The van der Waals surface area contributed by atoms with Crippen LogP contribution in [0.5, 0.6) is 0 Å². The van der Waals surface area contributed by atoms with Crippen molar-refractivity contribution in [3.05, 3.63) is 72.4 Å². The standard InChI is InChI=1S/C21H21FN4O/c22-18-9-8-16(25-11-4-5-12-25)15-19(18)24-21(27)17-7-6-10-23-20(17)26-13-2-1-3-14-26/h4-12,15H,1-3,13-14H2,(H,24,27). The maximum absolute atomic E-state index is 14.3. The number of hydrogen-bond acceptors (Lipinski definition) is 3. The molecular weight excluding hydrogens is 343 g/mol. The fourth-order valence-electron chi connectivity index (χ4n) is 3.40. The van der Waals surface area contributed by atoms with Gasteiger partial charge in [-0.3, -0.25) is 4.79 Å². The number of anilines is 2. The monoisotopic (exact) mass is 364 g/mol. The fraction of sp³-hybridized carbons (Fsp3) is 0.238. The third-order valence-corrected chi connectivity index (χ3v) is 4.79. The molecule has 1 N–H and O–H groups in total. The number of amides is 1. The molecule has 1 saturated heterocycles. The first-order valence-electron chi connectivity index (χ1n) is 9.16. The molecule has 0 atom stereocenters. The molecule has 27 heavy (non-hydrogen) atoms. The molecule has 6 heteroatoms. The van der Waals surface area contributed by atoms with Gasteiger partial charge in [0.2, 0.25) is 0 Å². The predicted octanol–water partition coefficient (Wildman–Crippen LogP) is 4.25. The summed E-state index contributed by atoms with van der Waals surface area (Å²) < 4.78 is 16.2. The van der Waals surface area contributed by atoms with Gasteiger partial charge in [-0.05, 0) is 61.7 Å². The van der Waals surface area contributed by atoms with Crippen molar-refractivity contribution in [1.82, 2.24) is 9.55 Å². The second-order valence-corrected chi connectivity index (χ2v) is 6.63. The summed E-state index contributed by atoms with van der Waals surface area (Å²) in [5, 5.41) is 2.71. The summed E-state index contributed by atoms with van der Waals surface area (Å²) in [5.41, 5.74) is 1.39. The first kappa shape index (κ1) is 17.3. The molecule has 1 aliphatic rings. The molecule has 0 bridgehead atoms. The minimum Gasteiger partial charge on any atom is -0.356 e. The zero-order valence-electron chi connectivity index (χ0n) is 14.9. The summed E-state index contributed by atoms with van der Waals surface area (Å²) in [4.78, 5) is 19.4. The molecule has 0 saturated carbocycles. The van der Waals surface area contributed by atoms with E-state index in [2.05, 4.69) is 15.2 Å². The predicted molar refractivity (Wildman–Crippen MR) is 104 cm³/mol. The van der Waals surface area contributed by atoms with Gasteiger partial charge in [0.05, 0.1) is 11.3 Å². The zero-order chi connectivity index (χ0) is 18.6.